The zero-order chi connectivity index (χ0) is 12.5. The Balaban J connectivity index is 1.89. The predicted octanol–water partition coefficient (Wildman–Crippen LogP) is 1.25. The summed E-state index contributed by atoms with van der Waals surface area (Å²) in [5.74, 6) is 0.852. The summed E-state index contributed by atoms with van der Waals surface area (Å²) in [5, 5.41) is 8.87. The second-order valence-electron chi connectivity index (χ2n) is 4.41. The Morgan fingerprint density at radius 2 is 2.28 bits per heavy atom. The number of hydrogen-bond donors (Lipinski definition) is 0. The molecule has 3 heterocycles. The van der Waals surface area contributed by atoms with Gasteiger partial charge in [0.1, 0.15) is 17.6 Å². The summed E-state index contributed by atoms with van der Waals surface area (Å²) in [6.07, 6.45) is 2.82. The van der Waals surface area contributed by atoms with Crippen LogP contribution >= 0.6 is 0 Å². The number of pyridine rings is 1. The van der Waals surface area contributed by atoms with Crippen molar-refractivity contribution in [1.29, 1.82) is 5.26 Å². The Bertz CT molecular complexity index is 623. The van der Waals surface area contributed by atoms with Gasteiger partial charge in [-0.25, -0.2) is 9.97 Å². The van der Waals surface area contributed by atoms with E-state index in [9.17, 15) is 0 Å². The number of fused-ring (bicyclic) bond motifs is 1. The first kappa shape index (κ1) is 10.8. The third-order valence-electron chi connectivity index (χ3n) is 3.28. The largest absolute Gasteiger partial charge is 0.350 e. The molecule has 90 valence electrons. The Morgan fingerprint density at radius 1 is 1.39 bits per heavy atom. The minimum absolute atomic E-state index is 0.458. The quantitative estimate of drug-likeness (QED) is 0.751. The number of aryl methyl sites for hydroxylation is 1. The molecular weight excluding hydrogens is 226 g/mol. The van der Waals surface area contributed by atoms with Gasteiger partial charge >= 0.3 is 0 Å². The van der Waals surface area contributed by atoms with Gasteiger partial charge in [-0.2, -0.15) is 5.26 Å². The van der Waals surface area contributed by atoms with Crippen LogP contribution in [0.2, 0.25) is 0 Å². The van der Waals surface area contributed by atoms with Gasteiger partial charge in [0.2, 0.25) is 0 Å². The molecule has 5 heteroatoms. The smallest absolute Gasteiger partial charge is 0.142 e. The lowest BCUT2D eigenvalue weighted by molar-refractivity contribution is 0.676. The Kier molecular flexibility index (Phi) is 2.49. The van der Waals surface area contributed by atoms with Gasteiger partial charge in [0, 0.05) is 25.7 Å². The molecule has 1 aliphatic rings. The van der Waals surface area contributed by atoms with Crippen LogP contribution in [-0.2, 0) is 20.0 Å². The average Bonchev–Trinajstić information content (AvgIpc) is 2.80. The first-order valence-electron chi connectivity index (χ1n) is 5.89. The van der Waals surface area contributed by atoms with Crippen molar-refractivity contribution in [2.24, 2.45) is 7.05 Å². The highest BCUT2D eigenvalue weighted by molar-refractivity contribution is 5.43. The van der Waals surface area contributed by atoms with Crippen molar-refractivity contribution in [1.82, 2.24) is 14.5 Å². The van der Waals surface area contributed by atoms with Crippen LogP contribution in [0.5, 0.6) is 0 Å². The lowest BCUT2D eigenvalue weighted by atomic mass is 10.1. The first-order valence-corrected chi connectivity index (χ1v) is 5.89. The van der Waals surface area contributed by atoms with Gasteiger partial charge in [-0.1, -0.05) is 6.07 Å². The lowest BCUT2D eigenvalue weighted by Crippen LogP contribution is -2.31. The van der Waals surface area contributed by atoms with Crippen molar-refractivity contribution in [2.45, 2.75) is 13.0 Å². The maximum absolute atomic E-state index is 8.87. The van der Waals surface area contributed by atoms with E-state index in [1.54, 1.807) is 6.07 Å². The van der Waals surface area contributed by atoms with E-state index in [-0.39, 0.29) is 0 Å². The van der Waals surface area contributed by atoms with Crippen LogP contribution in [0.15, 0.2) is 24.5 Å². The molecule has 5 nitrogen and oxygen atoms in total. The van der Waals surface area contributed by atoms with E-state index in [0.717, 1.165) is 31.0 Å². The minimum atomic E-state index is 0.458. The molecule has 0 fully saturated rings. The maximum Gasteiger partial charge on any atom is 0.142 e. The van der Waals surface area contributed by atoms with Gasteiger partial charge in [-0.15, -0.1) is 0 Å². The van der Waals surface area contributed by atoms with E-state index < -0.39 is 0 Å². The van der Waals surface area contributed by atoms with Gasteiger partial charge in [-0.3, -0.25) is 0 Å². The highest BCUT2D eigenvalue weighted by Crippen LogP contribution is 2.21. The Hall–Kier alpha value is -2.35. The van der Waals surface area contributed by atoms with Gasteiger partial charge in [0.05, 0.1) is 18.6 Å². The van der Waals surface area contributed by atoms with Gasteiger partial charge in [-0.05, 0) is 12.1 Å². The van der Waals surface area contributed by atoms with E-state index in [2.05, 4.69) is 25.5 Å². The topological polar surface area (TPSA) is 57.7 Å². The van der Waals surface area contributed by atoms with Crippen LogP contribution in [0.3, 0.4) is 0 Å². The summed E-state index contributed by atoms with van der Waals surface area (Å²) >= 11 is 0. The second kappa shape index (κ2) is 4.15. The fourth-order valence-electron chi connectivity index (χ4n) is 2.31. The van der Waals surface area contributed by atoms with Crippen LogP contribution in [0.4, 0.5) is 5.82 Å². The van der Waals surface area contributed by atoms with E-state index in [1.165, 1.54) is 5.69 Å². The van der Waals surface area contributed by atoms with Gasteiger partial charge in [0.25, 0.3) is 0 Å². The molecule has 3 rings (SSSR count). The summed E-state index contributed by atoms with van der Waals surface area (Å²) in [6.45, 7) is 1.67. The molecule has 2 aromatic rings. The van der Waals surface area contributed by atoms with E-state index >= 15 is 0 Å². The molecule has 1 aliphatic heterocycles. The summed E-state index contributed by atoms with van der Waals surface area (Å²) in [5.41, 5.74) is 2.86. The SMILES string of the molecule is Cn1cnc2c1CCN(c1cccc(C#N)n1)C2. The van der Waals surface area contributed by atoms with Gasteiger partial charge < -0.3 is 9.47 Å². The summed E-state index contributed by atoms with van der Waals surface area (Å²) in [7, 11) is 2.02. The molecule has 2 aromatic heterocycles. The summed E-state index contributed by atoms with van der Waals surface area (Å²) < 4.78 is 2.08. The van der Waals surface area contributed by atoms with Crippen LogP contribution in [0, 0.1) is 11.3 Å². The number of hydrogen-bond acceptors (Lipinski definition) is 4. The van der Waals surface area contributed by atoms with E-state index in [1.807, 2.05) is 25.5 Å². The standard InChI is InChI=1S/C13H13N5/c1-17-9-15-11-8-18(6-5-12(11)17)13-4-2-3-10(7-14)16-13/h2-4,9H,5-6,8H2,1H3. The molecule has 0 saturated carbocycles. The molecule has 0 aromatic carbocycles. The Morgan fingerprint density at radius 3 is 3.11 bits per heavy atom. The number of nitriles is 1. The number of imidazole rings is 1. The van der Waals surface area contributed by atoms with Crippen molar-refractivity contribution in [3.63, 3.8) is 0 Å². The fraction of sp³-hybridized carbons (Fsp3) is 0.308. The molecule has 0 spiro atoms. The van der Waals surface area contributed by atoms with Crippen molar-refractivity contribution in [3.8, 4) is 6.07 Å². The van der Waals surface area contributed by atoms with Crippen molar-refractivity contribution >= 4 is 5.82 Å². The monoisotopic (exact) mass is 239 g/mol. The number of nitrogens with zero attached hydrogens (tertiary/aromatic N) is 5. The van der Waals surface area contributed by atoms with E-state index in [4.69, 9.17) is 5.26 Å². The van der Waals surface area contributed by atoms with Crippen LogP contribution in [0.25, 0.3) is 0 Å². The molecule has 0 atom stereocenters. The van der Waals surface area contributed by atoms with Crippen molar-refractivity contribution in [2.75, 3.05) is 11.4 Å². The Labute approximate surface area is 105 Å². The van der Waals surface area contributed by atoms with Crippen molar-refractivity contribution < 1.29 is 0 Å². The predicted molar refractivity (Wildman–Crippen MR) is 66.9 cm³/mol. The second-order valence-corrected chi connectivity index (χ2v) is 4.41. The third kappa shape index (κ3) is 1.72. The number of anilines is 1. The third-order valence-corrected chi connectivity index (χ3v) is 3.28. The molecule has 18 heavy (non-hydrogen) atoms. The molecule has 0 radical (unpaired) electrons. The number of aromatic nitrogens is 3. The maximum atomic E-state index is 8.87. The zero-order valence-corrected chi connectivity index (χ0v) is 10.2. The van der Waals surface area contributed by atoms with Crippen LogP contribution < -0.4 is 4.90 Å². The number of rotatable bonds is 1. The minimum Gasteiger partial charge on any atom is -0.350 e. The molecular formula is C13H13N5. The molecule has 0 aliphatic carbocycles. The van der Waals surface area contributed by atoms with E-state index in [0.29, 0.717) is 5.69 Å². The summed E-state index contributed by atoms with van der Waals surface area (Å²) in [4.78, 5) is 10.9. The summed E-state index contributed by atoms with van der Waals surface area (Å²) in [6, 6.07) is 7.60. The highest BCUT2D eigenvalue weighted by Gasteiger charge is 2.20. The molecule has 0 N–H and O–H groups in total. The van der Waals surface area contributed by atoms with Gasteiger partial charge in [0.15, 0.2) is 0 Å². The normalized spacial score (nSPS) is 14.1. The molecule has 0 unspecified atom stereocenters. The molecule has 0 bridgehead atoms. The highest BCUT2D eigenvalue weighted by atomic mass is 15.2. The molecule has 0 amide bonds. The molecule has 0 saturated heterocycles. The van der Waals surface area contributed by atoms with Crippen LogP contribution in [-0.4, -0.2) is 21.1 Å². The van der Waals surface area contributed by atoms with Crippen LogP contribution in [0.1, 0.15) is 17.1 Å². The zero-order valence-electron chi connectivity index (χ0n) is 10.2. The lowest BCUT2D eigenvalue weighted by Gasteiger charge is -2.27. The van der Waals surface area contributed by atoms with Crippen molar-refractivity contribution in [3.05, 3.63) is 41.6 Å². The first-order chi connectivity index (χ1) is 8.78. The fourth-order valence-corrected chi connectivity index (χ4v) is 2.31. The average molecular weight is 239 g/mol.